The van der Waals surface area contributed by atoms with E-state index >= 15 is 0 Å². The van der Waals surface area contributed by atoms with Gasteiger partial charge in [0.05, 0.1) is 0 Å². The van der Waals surface area contributed by atoms with Gasteiger partial charge in [0.15, 0.2) is 34.5 Å². The summed E-state index contributed by atoms with van der Waals surface area (Å²) in [6.45, 7) is 3.69. The summed E-state index contributed by atoms with van der Waals surface area (Å²) in [4.78, 5) is 0. The predicted molar refractivity (Wildman–Crippen MR) is 100 cm³/mol. The third-order valence-electron chi connectivity index (χ3n) is 6.58. The Bertz CT molecular complexity index is 1150. The fourth-order valence-electron chi connectivity index (χ4n) is 5.16. The summed E-state index contributed by atoms with van der Waals surface area (Å²) in [5.41, 5.74) is 1.91. The van der Waals surface area contributed by atoms with Crippen molar-refractivity contribution in [1.29, 1.82) is 0 Å². The molecule has 6 N–H and O–H groups in total. The normalized spacial score (nSPS) is 23.8. The van der Waals surface area contributed by atoms with Crippen LogP contribution < -0.4 is 0 Å². The van der Waals surface area contributed by atoms with Gasteiger partial charge < -0.3 is 30.6 Å². The minimum Gasteiger partial charge on any atom is -0.504 e. The molecule has 0 atom stereocenters. The Morgan fingerprint density at radius 2 is 0.893 bits per heavy atom. The molecule has 3 aliphatic rings. The van der Waals surface area contributed by atoms with Crippen LogP contribution in [0.2, 0.25) is 0 Å². The second-order valence-electron chi connectivity index (χ2n) is 7.88. The van der Waals surface area contributed by atoms with E-state index in [0.29, 0.717) is 33.4 Å². The molecule has 6 nitrogen and oxygen atoms in total. The Labute approximate surface area is 160 Å². The first-order chi connectivity index (χ1) is 13.1. The minimum absolute atomic E-state index is 0.273. The topological polar surface area (TPSA) is 121 Å². The molecule has 0 radical (unpaired) electrons. The number of hydrogen-bond donors (Lipinski definition) is 6. The van der Waals surface area contributed by atoms with Gasteiger partial charge in [0.1, 0.15) is 0 Å². The summed E-state index contributed by atoms with van der Waals surface area (Å²) in [6, 6.07) is 8.99. The van der Waals surface area contributed by atoms with Crippen LogP contribution in [0.1, 0.15) is 47.2 Å². The molecule has 0 saturated carbocycles. The van der Waals surface area contributed by atoms with Crippen molar-refractivity contribution in [2.45, 2.75) is 24.7 Å². The fourth-order valence-corrected chi connectivity index (χ4v) is 5.16. The van der Waals surface area contributed by atoms with E-state index in [-0.39, 0.29) is 34.5 Å². The molecule has 0 heterocycles. The average Bonchev–Trinajstić information content (AvgIpc) is 2.64. The molecule has 2 bridgehead atoms. The molecule has 0 amide bonds. The van der Waals surface area contributed by atoms with Crippen LogP contribution in [0.4, 0.5) is 0 Å². The molecule has 6 rings (SSSR count). The molecule has 142 valence electrons. The molecule has 0 unspecified atom stereocenters. The van der Waals surface area contributed by atoms with E-state index in [4.69, 9.17) is 0 Å². The van der Waals surface area contributed by atoms with E-state index in [1.807, 2.05) is 13.8 Å². The maximum Gasteiger partial charge on any atom is 0.162 e. The summed E-state index contributed by atoms with van der Waals surface area (Å²) in [6.07, 6.45) is 0. The molecule has 3 aliphatic carbocycles. The molecular weight excluding hydrogens is 360 g/mol. The van der Waals surface area contributed by atoms with Crippen molar-refractivity contribution in [3.05, 3.63) is 69.8 Å². The highest BCUT2D eigenvalue weighted by Gasteiger charge is 2.57. The van der Waals surface area contributed by atoms with Crippen molar-refractivity contribution in [3.8, 4) is 34.5 Å². The van der Waals surface area contributed by atoms with Crippen LogP contribution in [0.25, 0.3) is 0 Å². The first-order valence-electron chi connectivity index (χ1n) is 8.81. The van der Waals surface area contributed by atoms with Gasteiger partial charge >= 0.3 is 0 Å². The summed E-state index contributed by atoms with van der Waals surface area (Å²) in [5.74, 6) is -1.70. The fraction of sp³-hybridized carbons (Fsp3) is 0.182. The van der Waals surface area contributed by atoms with Crippen LogP contribution in [0.3, 0.4) is 0 Å². The smallest absolute Gasteiger partial charge is 0.162 e. The van der Waals surface area contributed by atoms with E-state index in [2.05, 4.69) is 0 Å². The third-order valence-corrected chi connectivity index (χ3v) is 6.58. The van der Waals surface area contributed by atoms with Gasteiger partial charge in [-0.05, 0) is 72.0 Å². The third kappa shape index (κ3) is 1.56. The standard InChI is InChI=1S/C22H18O6/c1-21-9-3-4-14(23)20(28)19(9)22(2,12-7-17(26)15(24)5-10(12)21)13-8-18(27)16(25)6-11(13)21/h3-8,23-28H,1-2H3. The second-order valence-corrected chi connectivity index (χ2v) is 7.88. The largest absolute Gasteiger partial charge is 0.504 e. The molecule has 0 saturated heterocycles. The zero-order valence-electron chi connectivity index (χ0n) is 15.1. The van der Waals surface area contributed by atoms with E-state index in [9.17, 15) is 30.6 Å². The maximum absolute atomic E-state index is 10.8. The van der Waals surface area contributed by atoms with Gasteiger partial charge in [-0.2, -0.15) is 0 Å². The zero-order valence-corrected chi connectivity index (χ0v) is 15.1. The van der Waals surface area contributed by atoms with E-state index in [1.165, 1.54) is 30.3 Å². The van der Waals surface area contributed by atoms with Crippen LogP contribution in [0, 0.1) is 0 Å². The SMILES string of the molecule is CC12c3cc(O)c(O)cc3C(C)(c3cc(O)c(O)cc31)c1c2ccc(O)c1O. The molecule has 0 aliphatic heterocycles. The Morgan fingerprint density at radius 1 is 0.500 bits per heavy atom. The van der Waals surface area contributed by atoms with Crippen molar-refractivity contribution in [1.82, 2.24) is 0 Å². The van der Waals surface area contributed by atoms with Gasteiger partial charge in [0.2, 0.25) is 0 Å². The number of aromatic hydroxyl groups is 6. The van der Waals surface area contributed by atoms with Crippen LogP contribution in [-0.4, -0.2) is 30.6 Å². The molecule has 0 fully saturated rings. The zero-order chi connectivity index (χ0) is 20.2. The summed E-state index contributed by atoms with van der Waals surface area (Å²) in [5, 5.41) is 61.6. The minimum atomic E-state index is -1.04. The molecule has 0 spiro atoms. The van der Waals surface area contributed by atoms with Crippen molar-refractivity contribution < 1.29 is 30.6 Å². The Kier molecular flexibility index (Phi) is 2.76. The van der Waals surface area contributed by atoms with Crippen molar-refractivity contribution >= 4 is 0 Å². The Balaban J connectivity index is 2.05. The van der Waals surface area contributed by atoms with Crippen LogP contribution in [0.15, 0.2) is 36.4 Å². The molecular formula is C22H18O6. The van der Waals surface area contributed by atoms with Gasteiger partial charge in [0, 0.05) is 16.4 Å². The Morgan fingerprint density at radius 3 is 1.32 bits per heavy atom. The highest BCUT2D eigenvalue weighted by Crippen LogP contribution is 2.66. The lowest BCUT2D eigenvalue weighted by molar-refractivity contribution is 0.373. The number of hydrogen-bond acceptors (Lipinski definition) is 6. The molecule has 0 aromatic heterocycles. The lowest BCUT2D eigenvalue weighted by Crippen LogP contribution is -2.48. The van der Waals surface area contributed by atoms with E-state index < -0.39 is 10.8 Å². The van der Waals surface area contributed by atoms with Gasteiger partial charge in [-0.15, -0.1) is 0 Å². The van der Waals surface area contributed by atoms with Crippen molar-refractivity contribution in [3.63, 3.8) is 0 Å². The lowest BCUT2D eigenvalue weighted by Gasteiger charge is -2.54. The molecule has 28 heavy (non-hydrogen) atoms. The molecule has 3 aromatic rings. The number of phenolic OH excluding ortho intramolecular Hbond substituents is 6. The second kappa shape index (κ2) is 4.65. The first kappa shape index (κ1) is 16.6. The Hall–Kier alpha value is -3.54. The lowest BCUT2D eigenvalue weighted by atomic mass is 9.48. The number of rotatable bonds is 0. The van der Waals surface area contributed by atoms with E-state index in [0.717, 1.165) is 0 Å². The molecule has 3 aromatic carbocycles. The van der Waals surface area contributed by atoms with Gasteiger partial charge in [-0.25, -0.2) is 0 Å². The maximum atomic E-state index is 10.8. The van der Waals surface area contributed by atoms with E-state index in [1.54, 1.807) is 6.07 Å². The monoisotopic (exact) mass is 378 g/mol. The number of benzene rings is 3. The van der Waals surface area contributed by atoms with Crippen LogP contribution in [-0.2, 0) is 10.8 Å². The van der Waals surface area contributed by atoms with Gasteiger partial charge in [0.25, 0.3) is 0 Å². The number of phenols is 6. The van der Waals surface area contributed by atoms with Gasteiger partial charge in [-0.3, -0.25) is 0 Å². The first-order valence-corrected chi connectivity index (χ1v) is 8.81. The van der Waals surface area contributed by atoms with Crippen LogP contribution >= 0.6 is 0 Å². The summed E-state index contributed by atoms with van der Waals surface area (Å²) >= 11 is 0. The highest BCUT2D eigenvalue weighted by atomic mass is 16.3. The summed E-state index contributed by atoms with van der Waals surface area (Å²) < 4.78 is 0. The quantitative estimate of drug-likeness (QED) is 0.334. The molecule has 6 heteroatoms. The van der Waals surface area contributed by atoms with Crippen molar-refractivity contribution in [2.24, 2.45) is 0 Å². The van der Waals surface area contributed by atoms with Crippen molar-refractivity contribution in [2.75, 3.05) is 0 Å². The highest BCUT2D eigenvalue weighted by molar-refractivity contribution is 5.80. The average molecular weight is 378 g/mol. The van der Waals surface area contributed by atoms with Crippen LogP contribution in [0.5, 0.6) is 34.5 Å². The van der Waals surface area contributed by atoms with Gasteiger partial charge in [-0.1, -0.05) is 6.07 Å². The summed E-state index contributed by atoms with van der Waals surface area (Å²) in [7, 11) is 0. The predicted octanol–water partition coefficient (Wildman–Crippen LogP) is 3.26.